The third-order valence-corrected chi connectivity index (χ3v) is 5.82. The molecular formula is C24H23FN6O. The van der Waals surface area contributed by atoms with E-state index in [2.05, 4.69) is 37.3 Å². The second-order valence-electron chi connectivity index (χ2n) is 7.99. The summed E-state index contributed by atoms with van der Waals surface area (Å²) in [5.74, 6) is -0.0463. The lowest BCUT2D eigenvalue weighted by molar-refractivity contribution is 0.102. The molecule has 0 radical (unpaired) electrons. The number of hydrogen-bond acceptors (Lipinski definition) is 5. The molecule has 0 aliphatic carbocycles. The highest BCUT2D eigenvalue weighted by Crippen LogP contribution is 2.26. The van der Waals surface area contributed by atoms with Gasteiger partial charge in [-0.2, -0.15) is 5.10 Å². The second kappa shape index (κ2) is 8.39. The second-order valence-corrected chi connectivity index (χ2v) is 7.99. The highest BCUT2D eigenvalue weighted by atomic mass is 19.1. The summed E-state index contributed by atoms with van der Waals surface area (Å²) in [5.41, 5.74) is 3.82. The predicted molar refractivity (Wildman–Crippen MR) is 123 cm³/mol. The van der Waals surface area contributed by atoms with Gasteiger partial charge in [0.2, 0.25) is 0 Å². The number of carbonyl (C=O) groups is 1. The number of hydrogen-bond donors (Lipinski definition) is 2. The molecular weight excluding hydrogens is 407 g/mol. The lowest BCUT2D eigenvalue weighted by Gasteiger charge is -2.34. The standard InChI is InChI=1S/C24H23FN6O/c1-30-10-12-31(13-11-30)20-8-4-17(5-9-20)24(32)27-23-21-14-18(15-26-22(21)28-29-23)16-2-6-19(25)7-3-16/h2-9,14-15H,10-13H2,1H3,(H2,26,27,28,29,32). The zero-order valence-corrected chi connectivity index (χ0v) is 17.7. The Labute approximate surface area is 184 Å². The largest absolute Gasteiger partial charge is 0.369 e. The molecule has 1 aliphatic heterocycles. The van der Waals surface area contributed by atoms with Gasteiger partial charge < -0.3 is 15.1 Å². The number of fused-ring (bicyclic) bond motifs is 1. The number of nitrogens with zero attached hydrogens (tertiary/aromatic N) is 4. The molecule has 1 fully saturated rings. The molecule has 162 valence electrons. The molecule has 2 aromatic heterocycles. The minimum Gasteiger partial charge on any atom is -0.369 e. The number of piperazine rings is 1. The monoisotopic (exact) mass is 430 g/mol. The van der Waals surface area contributed by atoms with Gasteiger partial charge in [-0.3, -0.25) is 9.89 Å². The Hall–Kier alpha value is -3.78. The minimum atomic E-state index is -0.294. The smallest absolute Gasteiger partial charge is 0.256 e. The van der Waals surface area contributed by atoms with Crippen LogP contribution in [0.3, 0.4) is 0 Å². The Morgan fingerprint density at radius 2 is 1.72 bits per heavy atom. The van der Waals surface area contributed by atoms with Gasteiger partial charge >= 0.3 is 0 Å². The Morgan fingerprint density at radius 3 is 2.44 bits per heavy atom. The zero-order valence-electron chi connectivity index (χ0n) is 17.7. The maximum absolute atomic E-state index is 13.2. The van der Waals surface area contributed by atoms with E-state index in [4.69, 9.17) is 0 Å². The Bertz CT molecular complexity index is 1240. The molecule has 2 N–H and O–H groups in total. The van der Waals surface area contributed by atoms with Crippen LogP contribution in [0, 0.1) is 5.82 Å². The lowest BCUT2D eigenvalue weighted by Crippen LogP contribution is -2.44. The van der Waals surface area contributed by atoms with Crippen LogP contribution in [0.2, 0.25) is 0 Å². The number of nitrogens with one attached hydrogen (secondary N) is 2. The quantitative estimate of drug-likeness (QED) is 0.516. The summed E-state index contributed by atoms with van der Waals surface area (Å²) in [7, 11) is 2.13. The first-order chi connectivity index (χ1) is 15.6. The highest BCUT2D eigenvalue weighted by Gasteiger charge is 2.16. The Balaban J connectivity index is 1.34. The average Bonchev–Trinajstić information content (AvgIpc) is 3.22. The number of halogens is 1. The Morgan fingerprint density at radius 1 is 1.00 bits per heavy atom. The van der Waals surface area contributed by atoms with Gasteiger partial charge in [-0.15, -0.1) is 0 Å². The normalized spacial score (nSPS) is 14.6. The van der Waals surface area contributed by atoms with E-state index in [1.165, 1.54) is 12.1 Å². The molecule has 3 heterocycles. The van der Waals surface area contributed by atoms with Crippen LogP contribution in [0.1, 0.15) is 10.4 Å². The molecule has 0 atom stereocenters. The fourth-order valence-corrected chi connectivity index (χ4v) is 3.87. The number of likely N-dealkylation sites (N-methyl/N-ethyl adjacent to an activating group) is 1. The number of amides is 1. The van der Waals surface area contributed by atoms with Gasteiger partial charge in [-0.1, -0.05) is 12.1 Å². The highest BCUT2D eigenvalue weighted by molar-refractivity contribution is 6.08. The first-order valence-corrected chi connectivity index (χ1v) is 10.5. The number of aromatic amines is 1. The SMILES string of the molecule is CN1CCN(c2ccc(C(=O)Nc3[nH]nc4ncc(-c5ccc(F)cc5)cc34)cc2)CC1. The number of aromatic nitrogens is 3. The molecule has 2 aromatic carbocycles. The van der Waals surface area contributed by atoms with Crippen LogP contribution in [0.25, 0.3) is 22.2 Å². The van der Waals surface area contributed by atoms with E-state index in [-0.39, 0.29) is 11.7 Å². The van der Waals surface area contributed by atoms with Crippen LogP contribution in [-0.4, -0.2) is 59.2 Å². The van der Waals surface area contributed by atoms with Crippen molar-refractivity contribution in [2.75, 3.05) is 43.4 Å². The molecule has 0 bridgehead atoms. The van der Waals surface area contributed by atoms with E-state index in [9.17, 15) is 9.18 Å². The van der Waals surface area contributed by atoms with E-state index in [1.54, 1.807) is 18.3 Å². The third kappa shape index (κ3) is 4.04. The average molecular weight is 430 g/mol. The van der Waals surface area contributed by atoms with Gasteiger partial charge in [0.15, 0.2) is 5.65 Å². The van der Waals surface area contributed by atoms with Crippen molar-refractivity contribution in [3.63, 3.8) is 0 Å². The van der Waals surface area contributed by atoms with Gasteiger partial charge in [0, 0.05) is 49.2 Å². The lowest BCUT2D eigenvalue weighted by atomic mass is 10.1. The zero-order chi connectivity index (χ0) is 22.1. The number of anilines is 2. The summed E-state index contributed by atoms with van der Waals surface area (Å²) < 4.78 is 13.2. The molecule has 0 saturated carbocycles. The first-order valence-electron chi connectivity index (χ1n) is 10.5. The number of carbonyl (C=O) groups excluding carboxylic acids is 1. The van der Waals surface area contributed by atoms with Crippen LogP contribution < -0.4 is 10.2 Å². The van der Waals surface area contributed by atoms with Crippen LogP contribution in [-0.2, 0) is 0 Å². The summed E-state index contributed by atoms with van der Waals surface area (Å²) in [6, 6.07) is 15.7. The molecule has 4 aromatic rings. The van der Waals surface area contributed by atoms with Gasteiger partial charge in [-0.25, -0.2) is 9.37 Å². The van der Waals surface area contributed by atoms with Crippen molar-refractivity contribution in [1.82, 2.24) is 20.1 Å². The van der Waals surface area contributed by atoms with E-state index in [0.717, 1.165) is 43.0 Å². The molecule has 1 amide bonds. The third-order valence-electron chi connectivity index (χ3n) is 5.82. The molecule has 0 unspecified atom stereocenters. The number of rotatable bonds is 4. The van der Waals surface area contributed by atoms with E-state index in [1.807, 2.05) is 30.3 Å². The van der Waals surface area contributed by atoms with E-state index >= 15 is 0 Å². The molecule has 7 nitrogen and oxygen atoms in total. The van der Waals surface area contributed by atoms with E-state index in [0.29, 0.717) is 22.4 Å². The first kappa shape index (κ1) is 20.1. The summed E-state index contributed by atoms with van der Waals surface area (Å²) in [6.07, 6.45) is 1.68. The van der Waals surface area contributed by atoms with Gasteiger partial charge in [-0.05, 0) is 55.1 Å². The maximum Gasteiger partial charge on any atom is 0.256 e. The fraction of sp³-hybridized carbons (Fsp3) is 0.208. The summed E-state index contributed by atoms with van der Waals surface area (Å²) in [4.78, 5) is 21.8. The molecule has 0 spiro atoms. The van der Waals surface area contributed by atoms with Crippen molar-refractivity contribution in [1.29, 1.82) is 0 Å². The maximum atomic E-state index is 13.2. The van der Waals surface area contributed by atoms with Crippen molar-refractivity contribution in [3.8, 4) is 11.1 Å². The van der Waals surface area contributed by atoms with Crippen LogP contribution in [0.15, 0.2) is 60.8 Å². The molecule has 5 rings (SSSR count). The summed E-state index contributed by atoms with van der Waals surface area (Å²) >= 11 is 0. The van der Waals surface area contributed by atoms with Crippen LogP contribution in [0.4, 0.5) is 15.9 Å². The topological polar surface area (TPSA) is 77.1 Å². The molecule has 1 saturated heterocycles. The summed E-state index contributed by atoms with van der Waals surface area (Å²) in [6.45, 7) is 4.02. The van der Waals surface area contributed by atoms with Crippen LogP contribution in [0.5, 0.6) is 0 Å². The van der Waals surface area contributed by atoms with Crippen molar-refractivity contribution in [2.45, 2.75) is 0 Å². The van der Waals surface area contributed by atoms with Crippen molar-refractivity contribution in [2.24, 2.45) is 0 Å². The Kier molecular flexibility index (Phi) is 5.28. The predicted octanol–water partition coefficient (Wildman–Crippen LogP) is 3.77. The van der Waals surface area contributed by atoms with Crippen molar-refractivity contribution >= 4 is 28.4 Å². The van der Waals surface area contributed by atoms with E-state index < -0.39 is 0 Å². The molecule has 32 heavy (non-hydrogen) atoms. The number of H-pyrrole nitrogens is 1. The fourth-order valence-electron chi connectivity index (χ4n) is 3.87. The number of pyridine rings is 1. The molecule has 8 heteroatoms. The van der Waals surface area contributed by atoms with Crippen molar-refractivity contribution in [3.05, 3.63) is 72.2 Å². The van der Waals surface area contributed by atoms with Gasteiger partial charge in [0.1, 0.15) is 11.6 Å². The summed E-state index contributed by atoms with van der Waals surface area (Å²) in [5, 5.41) is 10.6. The number of benzene rings is 2. The van der Waals surface area contributed by atoms with Crippen molar-refractivity contribution < 1.29 is 9.18 Å². The van der Waals surface area contributed by atoms with Gasteiger partial charge in [0.05, 0.1) is 5.39 Å². The van der Waals surface area contributed by atoms with Gasteiger partial charge in [0.25, 0.3) is 5.91 Å². The minimum absolute atomic E-state index is 0.229. The molecule has 1 aliphatic rings. The van der Waals surface area contributed by atoms with Crippen LogP contribution >= 0.6 is 0 Å².